The number of methoxy groups -OCH3 is 1. The first kappa shape index (κ1) is 21.1. The molecule has 7 nitrogen and oxygen atoms in total. The van der Waals surface area contributed by atoms with E-state index in [0.29, 0.717) is 5.92 Å². The standard InChI is InChI=1S/C21H27N3O4S/c1-15-3-11-19(12-4-15)29(26,27)23-14-13-22-21(25)24-20(16-5-6-16)17-7-9-18(28-2)10-8-17/h3-4,7-12,16,20,23H,5-6,13-14H2,1-2H3,(H2,22,24,25). The van der Waals surface area contributed by atoms with Gasteiger partial charge in [0.1, 0.15) is 5.75 Å². The minimum atomic E-state index is -3.58. The van der Waals surface area contributed by atoms with Crippen LogP contribution in [-0.2, 0) is 10.0 Å². The van der Waals surface area contributed by atoms with Gasteiger partial charge in [0.2, 0.25) is 10.0 Å². The largest absolute Gasteiger partial charge is 0.497 e. The molecule has 0 aromatic heterocycles. The normalized spacial score (nSPS) is 14.8. The Bertz CT molecular complexity index is 923. The van der Waals surface area contributed by atoms with E-state index in [1.807, 2.05) is 31.2 Å². The molecule has 156 valence electrons. The number of aryl methyl sites for hydroxylation is 1. The summed E-state index contributed by atoms with van der Waals surface area (Å²) in [5.74, 6) is 1.20. The highest BCUT2D eigenvalue weighted by Crippen LogP contribution is 2.41. The van der Waals surface area contributed by atoms with Crippen molar-refractivity contribution in [2.45, 2.75) is 30.7 Å². The highest BCUT2D eigenvalue weighted by atomic mass is 32.2. The second-order valence-corrected chi connectivity index (χ2v) is 8.97. The van der Waals surface area contributed by atoms with Crippen molar-refractivity contribution in [1.29, 1.82) is 0 Å². The van der Waals surface area contributed by atoms with E-state index in [1.165, 1.54) is 0 Å². The molecule has 1 aliphatic carbocycles. The second-order valence-electron chi connectivity index (χ2n) is 7.20. The smallest absolute Gasteiger partial charge is 0.315 e. The lowest BCUT2D eigenvalue weighted by Gasteiger charge is -2.19. The molecular weight excluding hydrogens is 390 g/mol. The molecule has 0 radical (unpaired) electrons. The first-order valence-corrected chi connectivity index (χ1v) is 11.1. The minimum absolute atomic E-state index is 0.0647. The van der Waals surface area contributed by atoms with Gasteiger partial charge in [0.15, 0.2) is 0 Å². The molecule has 1 saturated carbocycles. The van der Waals surface area contributed by atoms with Crippen molar-refractivity contribution in [1.82, 2.24) is 15.4 Å². The number of ether oxygens (including phenoxy) is 1. The van der Waals surface area contributed by atoms with Gasteiger partial charge >= 0.3 is 6.03 Å². The predicted molar refractivity (Wildman–Crippen MR) is 111 cm³/mol. The van der Waals surface area contributed by atoms with Crippen LogP contribution in [0, 0.1) is 12.8 Å². The number of rotatable bonds is 9. The fourth-order valence-electron chi connectivity index (χ4n) is 3.07. The first-order valence-electron chi connectivity index (χ1n) is 9.64. The first-order chi connectivity index (χ1) is 13.9. The highest BCUT2D eigenvalue weighted by molar-refractivity contribution is 7.89. The summed E-state index contributed by atoms with van der Waals surface area (Å²) in [4.78, 5) is 12.5. The Labute approximate surface area is 171 Å². The van der Waals surface area contributed by atoms with Crippen molar-refractivity contribution < 1.29 is 17.9 Å². The van der Waals surface area contributed by atoms with Crippen molar-refractivity contribution >= 4 is 16.1 Å². The third kappa shape index (κ3) is 5.95. The Balaban J connectivity index is 1.47. The molecule has 8 heteroatoms. The zero-order valence-corrected chi connectivity index (χ0v) is 17.5. The molecule has 1 unspecified atom stereocenters. The molecule has 0 saturated heterocycles. The molecule has 0 aliphatic heterocycles. The number of amides is 2. The van der Waals surface area contributed by atoms with Gasteiger partial charge in [-0.25, -0.2) is 17.9 Å². The number of hydrogen-bond acceptors (Lipinski definition) is 4. The Morgan fingerprint density at radius 2 is 1.72 bits per heavy atom. The summed E-state index contributed by atoms with van der Waals surface area (Å²) in [6, 6.07) is 13.9. The third-order valence-electron chi connectivity index (χ3n) is 4.89. The van der Waals surface area contributed by atoms with E-state index in [-0.39, 0.29) is 30.1 Å². The molecule has 29 heavy (non-hydrogen) atoms. The van der Waals surface area contributed by atoms with Crippen LogP contribution < -0.4 is 20.1 Å². The summed E-state index contributed by atoms with van der Waals surface area (Å²) in [7, 11) is -1.97. The quantitative estimate of drug-likeness (QED) is 0.547. The van der Waals surface area contributed by atoms with Gasteiger partial charge in [-0.1, -0.05) is 29.8 Å². The number of benzene rings is 2. The molecule has 2 amide bonds. The van der Waals surface area contributed by atoms with E-state index < -0.39 is 10.0 Å². The molecule has 3 rings (SSSR count). The van der Waals surface area contributed by atoms with Gasteiger partial charge in [0.05, 0.1) is 18.0 Å². The number of carbonyl (C=O) groups is 1. The fourth-order valence-corrected chi connectivity index (χ4v) is 4.10. The highest BCUT2D eigenvalue weighted by Gasteiger charge is 2.33. The number of sulfonamides is 1. The van der Waals surface area contributed by atoms with Crippen LogP contribution >= 0.6 is 0 Å². The van der Waals surface area contributed by atoms with Crippen LogP contribution in [0.2, 0.25) is 0 Å². The maximum absolute atomic E-state index is 12.3. The average Bonchev–Trinajstić information content (AvgIpc) is 3.55. The topological polar surface area (TPSA) is 96.5 Å². The summed E-state index contributed by atoms with van der Waals surface area (Å²) < 4.78 is 32.2. The maximum atomic E-state index is 12.3. The monoisotopic (exact) mass is 417 g/mol. The Hall–Kier alpha value is -2.58. The summed E-state index contributed by atoms with van der Waals surface area (Å²) in [6.07, 6.45) is 2.15. The van der Waals surface area contributed by atoms with Crippen molar-refractivity contribution in [2.75, 3.05) is 20.2 Å². The summed E-state index contributed by atoms with van der Waals surface area (Å²) in [5.41, 5.74) is 2.02. The van der Waals surface area contributed by atoms with Gasteiger partial charge < -0.3 is 15.4 Å². The average molecular weight is 418 g/mol. The van der Waals surface area contributed by atoms with Crippen LogP contribution in [0.1, 0.15) is 30.0 Å². The Morgan fingerprint density at radius 1 is 1.07 bits per heavy atom. The lowest BCUT2D eigenvalue weighted by Crippen LogP contribution is -2.42. The van der Waals surface area contributed by atoms with Gasteiger partial charge in [-0.2, -0.15) is 0 Å². The molecule has 1 aliphatic rings. The molecule has 2 aromatic carbocycles. The molecule has 3 N–H and O–H groups in total. The molecular formula is C21H27N3O4S. The second kappa shape index (κ2) is 9.28. The number of nitrogens with one attached hydrogen (secondary N) is 3. The molecule has 0 spiro atoms. The van der Waals surface area contributed by atoms with E-state index in [2.05, 4.69) is 15.4 Å². The summed E-state index contributed by atoms with van der Waals surface area (Å²) >= 11 is 0. The number of hydrogen-bond donors (Lipinski definition) is 3. The summed E-state index contributed by atoms with van der Waals surface area (Å²) in [6.45, 7) is 2.20. The molecule has 0 heterocycles. The predicted octanol–water partition coefficient (Wildman–Crippen LogP) is 2.73. The van der Waals surface area contributed by atoms with E-state index >= 15 is 0 Å². The molecule has 1 atom stereocenters. The van der Waals surface area contributed by atoms with Crippen molar-refractivity contribution in [3.63, 3.8) is 0 Å². The zero-order chi connectivity index (χ0) is 20.9. The van der Waals surface area contributed by atoms with Crippen LogP contribution in [0.3, 0.4) is 0 Å². The van der Waals surface area contributed by atoms with Crippen LogP contribution in [0.25, 0.3) is 0 Å². The number of carbonyl (C=O) groups excluding carboxylic acids is 1. The maximum Gasteiger partial charge on any atom is 0.315 e. The van der Waals surface area contributed by atoms with E-state index in [0.717, 1.165) is 29.7 Å². The fraction of sp³-hybridized carbons (Fsp3) is 0.381. The minimum Gasteiger partial charge on any atom is -0.497 e. The summed E-state index contributed by atoms with van der Waals surface area (Å²) in [5, 5.41) is 5.72. The lowest BCUT2D eigenvalue weighted by atomic mass is 10.0. The van der Waals surface area contributed by atoms with Crippen LogP contribution in [0.15, 0.2) is 53.4 Å². The molecule has 0 bridgehead atoms. The van der Waals surface area contributed by atoms with Gasteiger partial charge in [-0.3, -0.25) is 0 Å². The Kier molecular flexibility index (Phi) is 6.76. The van der Waals surface area contributed by atoms with Gasteiger partial charge in [-0.05, 0) is 55.5 Å². The molecule has 2 aromatic rings. The number of urea groups is 1. The van der Waals surface area contributed by atoms with E-state index in [1.54, 1.807) is 31.4 Å². The van der Waals surface area contributed by atoms with Crippen LogP contribution in [0.4, 0.5) is 4.79 Å². The van der Waals surface area contributed by atoms with Crippen LogP contribution in [0.5, 0.6) is 5.75 Å². The van der Waals surface area contributed by atoms with Crippen molar-refractivity contribution in [3.8, 4) is 5.75 Å². The van der Waals surface area contributed by atoms with E-state index in [4.69, 9.17) is 4.74 Å². The van der Waals surface area contributed by atoms with Crippen molar-refractivity contribution in [3.05, 3.63) is 59.7 Å². The van der Waals surface area contributed by atoms with Gasteiger partial charge in [-0.15, -0.1) is 0 Å². The van der Waals surface area contributed by atoms with Crippen molar-refractivity contribution in [2.24, 2.45) is 5.92 Å². The SMILES string of the molecule is COc1ccc(C(NC(=O)NCCNS(=O)(=O)c2ccc(C)cc2)C2CC2)cc1. The van der Waals surface area contributed by atoms with Gasteiger partial charge in [0, 0.05) is 13.1 Å². The third-order valence-corrected chi connectivity index (χ3v) is 6.37. The van der Waals surface area contributed by atoms with E-state index in [9.17, 15) is 13.2 Å². The molecule has 1 fully saturated rings. The Morgan fingerprint density at radius 3 is 2.31 bits per heavy atom. The zero-order valence-electron chi connectivity index (χ0n) is 16.6. The van der Waals surface area contributed by atoms with Gasteiger partial charge in [0.25, 0.3) is 0 Å². The van der Waals surface area contributed by atoms with Crippen LogP contribution in [-0.4, -0.2) is 34.6 Å². The lowest BCUT2D eigenvalue weighted by molar-refractivity contribution is 0.235.